The Morgan fingerprint density at radius 3 is 2.30 bits per heavy atom. The Morgan fingerprint density at radius 2 is 1.55 bits per heavy atom. The highest BCUT2D eigenvalue weighted by Gasteiger charge is 2.54. The molecule has 2 aromatic rings. The first kappa shape index (κ1) is 40.2. The van der Waals surface area contributed by atoms with Crippen molar-refractivity contribution in [3.05, 3.63) is 59.7 Å². The molecule has 4 aliphatic carbocycles. The summed E-state index contributed by atoms with van der Waals surface area (Å²) < 4.78 is 0. The van der Waals surface area contributed by atoms with Crippen LogP contribution in [0, 0.1) is 46.8 Å². The van der Waals surface area contributed by atoms with Crippen LogP contribution in [-0.2, 0) is 13.1 Å². The highest BCUT2D eigenvalue weighted by Crippen LogP contribution is 2.63. The average Bonchev–Trinajstić information content (AvgIpc) is 3.57. The number of anilines is 2. The molecule has 294 valence electrons. The van der Waals surface area contributed by atoms with Crippen molar-refractivity contribution >= 4 is 11.4 Å². The maximum Gasteiger partial charge on any atom is 0.0564 e. The van der Waals surface area contributed by atoms with Crippen molar-refractivity contribution in [1.82, 2.24) is 25.1 Å². The minimum absolute atomic E-state index is 0.459. The van der Waals surface area contributed by atoms with Crippen molar-refractivity contribution in [2.24, 2.45) is 46.8 Å². The number of nitrogens with zero attached hydrogens (tertiary/aromatic N) is 4. The third-order valence-corrected chi connectivity index (χ3v) is 14.4. The second-order valence-corrected chi connectivity index (χ2v) is 18.7. The molecular weight excluding hydrogens is 651 g/mol. The van der Waals surface area contributed by atoms with E-state index < -0.39 is 0 Å². The number of hydrogen-bond donors (Lipinski definition) is 3. The maximum atomic E-state index is 5.92. The zero-order valence-electron chi connectivity index (χ0n) is 34.5. The molecule has 6 rings (SSSR count). The quantitative estimate of drug-likeness (QED) is 0.0984. The van der Waals surface area contributed by atoms with Crippen LogP contribution in [0.15, 0.2) is 48.3 Å². The van der Waals surface area contributed by atoms with E-state index in [0.717, 1.165) is 97.8 Å². The minimum atomic E-state index is 0.459. The molecule has 3 unspecified atom stereocenters. The molecule has 0 radical (unpaired) electrons. The van der Waals surface area contributed by atoms with Crippen LogP contribution >= 0.6 is 0 Å². The lowest BCUT2D eigenvalue weighted by molar-refractivity contribution is -0.00241. The second kappa shape index (κ2) is 18.9. The average molecular weight is 726 g/mol. The van der Waals surface area contributed by atoms with E-state index in [9.17, 15) is 0 Å². The summed E-state index contributed by atoms with van der Waals surface area (Å²) in [7, 11) is 4.30. The van der Waals surface area contributed by atoms with Gasteiger partial charge >= 0.3 is 0 Å². The summed E-state index contributed by atoms with van der Waals surface area (Å²) in [6.45, 7) is 15.7. The molecule has 4 N–H and O–H groups in total. The number of hydrogen-bond acceptors (Lipinski definition) is 7. The van der Waals surface area contributed by atoms with Crippen molar-refractivity contribution in [3.63, 3.8) is 0 Å². The summed E-state index contributed by atoms with van der Waals surface area (Å²) in [5.74, 6) is 6.71. The fraction of sp³-hybridized carbons (Fsp3) is 0.739. The number of nitrogen functional groups attached to an aromatic ring is 1. The molecule has 0 saturated heterocycles. The molecule has 3 fully saturated rings. The first-order valence-corrected chi connectivity index (χ1v) is 21.8. The number of pyridine rings is 2. The van der Waals surface area contributed by atoms with E-state index in [1.54, 1.807) is 6.20 Å². The smallest absolute Gasteiger partial charge is 0.0564 e. The van der Waals surface area contributed by atoms with Gasteiger partial charge in [0, 0.05) is 62.5 Å². The van der Waals surface area contributed by atoms with Crippen LogP contribution in [0.25, 0.3) is 0 Å². The highest BCUT2D eigenvalue weighted by molar-refractivity contribution is 5.43. The van der Waals surface area contributed by atoms with E-state index in [2.05, 4.69) is 90.4 Å². The van der Waals surface area contributed by atoms with Crippen LogP contribution in [0.2, 0.25) is 0 Å². The molecule has 8 atom stereocenters. The zero-order chi connectivity index (χ0) is 37.4. The van der Waals surface area contributed by atoms with Gasteiger partial charge in [-0.2, -0.15) is 0 Å². The van der Waals surface area contributed by atoms with Crippen LogP contribution in [0.4, 0.5) is 11.4 Å². The predicted molar refractivity (Wildman–Crippen MR) is 223 cm³/mol. The van der Waals surface area contributed by atoms with Crippen molar-refractivity contribution in [2.75, 3.05) is 51.3 Å². The van der Waals surface area contributed by atoms with E-state index in [4.69, 9.17) is 5.73 Å². The van der Waals surface area contributed by atoms with Gasteiger partial charge in [0.15, 0.2) is 0 Å². The van der Waals surface area contributed by atoms with Gasteiger partial charge in [-0.1, -0.05) is 58.6 Å². The molecule has 4 aliphatic rings. The Kier molecular flexibility index (Phi) is 14.3. The summed E-state index contributed by atoms with van der Waals surface area (Å²) in [5.41, 5.74) is 12.3. The molecule has 0 bridgehead atoms. The first-order valence-electron chi connectivity index (χ1n) is 21.8. The lowest BCUT2D eigenvalue weighted by Gasteiger charge is -2.56. The Morgan fingerprint density at radius 1 is 0.830 bits per heavy atom. The Balaban J connectivity index is 0.870. The topological polar surface area (TPSA) is 82.3 Å². The predicted octanol–water partition coefficient (Wildman–Crippen LogP) is 9.42. The summed E-state index contributed by atoms with van der Waals surface area (Å²) in [6, 6.07) is 8.76. The number of nitrogens with one attached hydrogen (secondary N) is 2. The van der Waals surface area contributed by atoms with E-state index in [0.29, 0.717) is 11.5 Å². The Labute approximate surface area is 323 Å². The van der Waals surface area contributed by atoms with Gasteiger partial charge in [0.25, 0.3) is 0 Å². The van der Waals surface area contributed by atoms with Gasteiger partial charge in [0.05, 0.1) is 11.4 Å². The number of unbranched alkanes of at least 4 members (excludes halogenated alkanes) is 1. The van der Waals surface area contributed by atoms with Crippen molar-refractivity contribution in [3.8, 4) is 0 Å². The Bertz CT molecular complexity index is 1460. The molecule has 7 heteroatoms. The van der Waals surface area contributed by atoms with Gasteiger partial charge in [0.1, 0.15) is 0 Å². The molecule has 0 spiro atoms. The zero-order valence-corrected chi connectivity index (χ0v) is 34.5. The van der Waals surface area contributed by atoms with Crippen LogP contribution in [0.1, 0.15) is 123 Å². The standard InChI is InChI=1S/C46H75N7/c1-33(2)10-9-11-34(3)41-14-15-43-42(41)16-17-45-44(43)13-12-35-28-37(18-21-46(35,45)4)48-22-7-8-23-49-38-20-25-51-40(30-38)32-53(6)27-26-52(5)31-39-29-36(47)19-24-50-39/h12,19-20,24-25,29-30,33-34,37,41-45,48H,7-11,13-18,21-23,26-28,31-32H2,1-6H3,(H2,47,50)(H,49,51)/t34-,37-,41-,42?,43-,44?,45+,46?/m1/s1. The van der Waals surface area contributed by atoms with Crippen LogP contribution in [0.3, 0.4) is 0 Å². The van der Waals surface area contributed by atoms with E-state index in [1.807, 2.05) is 23.9 Å². The summed E-state index contributed by atoms with van der Waals surface area (Å²) in [5, 5.41) is 7.66. The minimum Gasteiger partial charge on any atom is -0.399 e. The lowest BCUT2D eigenvalue weighted by atomic mass is 9.50. The highest BCUT2D eigenvalue weighted by atomic mass is 15.2. The van der Waals surface area contributed by atoms with Gasteiger partial charge in [0.2, 0.25) is 0 Å². The maximum absolute atomic E-state index is 5.92. The van der Waals surface area contributed by atoms with Crippen molar-refractivity contribution in [2.45, 2.75) is 130 Å². The fourth-order valence-electron chi connectivity index (χ4n) is 11.4. The third kappa shape index (κ3) is 10.6. The number of likely N-dealkylation sites (N-methyl/N-ethyl adjacent to an activating group) is 2. The van der Waals surface area contributed by atoms with Crippen LogP contribution in [0.5, 0.6) is 0 Å². The number of nitrogens with two attached hydrogens (primary N) is 1. The SMILES string of the molecule is CC(C)CCC[C@@H](C)[C@H]1CC[C@@H]2C1CC[C@H]1C2CC=C2C[C@H](NCCCCNc3ccnc(CN(C)CCN(C)Cc4cc(N)ccn4)c3)CCC21C. The van der Waals surface area contributed by atoms with E-state index >= 15 is 0 Å². The van der Waals surface area contributed by atoms with Crippen molar-refractivity contribution in [1.29, 1.82) is 0 Å². The summed E-state index contributed by atoms with van der Waals surface area (Å²) in [6.07, 6.45) is 24.6. The van der Waals surface area contributed by atoms with Gasteiger partial charge in [-0.3, -0.25) is 19.8 Å². The van der Waals surface area contributed by atoms with E-state index in [1.165, 1.54) is 89.2 Å². The molecule has 3 saturated carbocycles. The Hall–Kier alpha value is -2.48. The first-order chi connectivity index (χ1) is 25.6. The van der Waals surface area contributed by atoms with Crippen LogP contribution in [-0.4, -0.2) is 66.1 Å². The molecule has 0 aromatic carbocycles. The monoisotopic (exact) mass is 726 g/mol. The number of fused-ring (bicyclic) bond motifs is 5. The fourth-order valence-corrected chi connectivity index (χ4v) is 11.4. The van der Waals surface area contributed by atoms with Gasteiger partial charge < -0.3 is 16.4 Å². The van der Waals surface area contributed by atoms with Crippen molar-refractivity contribution < 1.29 is 0 Å². The molecular formula is C46H75N7. The number of aromatic nitrogens is 2. The number of allylic oxidation sites excluding steroid dienone is 1. The molecule has 53 heavy (non-hydrogen) atoms. The summed E-state index contributed by atoms with van der Waals surface area (Å²) >= 11 is 0. The van der Waals surface area contributed by atoms with Gasteiger partial charge in [-0.15, -0.1) is 0 Å². The van der Waals surface area contributed by atoms with E-state index in [-0.39, 0.29) is 0 Å². The lowest BCUT2D eigenvalue weighted by Crippen LogP contribution is -2.49. The largest absolute Gasteiger partial charge is 0.399 e. The van der Waals surface area contributed by atoms with Gasteiger partial charge in [-0.05, 0) is 156 Å². The normalized spacial score (nSPS) is 28.8. The van der Waals surface area contributed by atoms with Gasteiger partial charge in [-0.25, -0.2) is 0 Å². The third-order valence-electron chi connectivity index (χ3n) is 14.4. The summed E-state index contributed by atoms with van der Waals surface area (Å²) in [4.78, 5) is 13.7. The van der Waals surface area contributed by atoms with Crippen LogP contribution < -0.4 is 16.4 Å². The molecule has 0 amide bonds. The molecule has 7 nitrogen and oxygen atoms in total. The molecule has 2 heterocycles. The molecule has 0 aliphatic heterocycles. The second-order valence-electron chi connectivity index (χ2n) is 18.7. The number of rotatable bonds is 19. The molecule has 2 aromatic heterocycles.